The SMILES string of the molecule is CCCCCCCCCCCCCC/C=C/CC/C=C/CC/C=C/C(O)C(COC1OC(CO)C(O)C(O)C1O)NC(=O)CCCC. The summed E-state index contributed by atoms with van der Waals surface area (Å²) in [6.07, 6.45) is 27.5. The van der Waals surface area contributed by atoms with Gasteiger partial charge in [-0.05, 0) is 44.9 Å². The molecule has 6 N–H and O–H groups in total. The highest BCUT2D eigenvalue weighted by atomic mass is 16.7. The lowest BCUT2D eigenvalue weighted by atomic mass is 9.99. The van der Waals surface area contributed by atoms with Gasteiger partial charge in [0.25, 0.3) is 0 Å². The number of amides is 1. The van der Waals surface area contributed by atoms with E-state index in [4.69, 9.17) is 9.47 Å². The molecule has 0 aromatic rings. The van der Waals surface area contributed by atoms with Crippen LogP contribution in [0.4, 0.5) is 0 Å². The molecule has 1 saturated heterocycles. The fourth-order valence-corrected chi connectivity index (χ4v) is 5.57. The minimum absolute atomic E-state index is 0.210. The summed E-state index contributed by atoms with van der Waals surface area (Å²) in [6, 6.07) is -0.819. The van der Waals surface area contributed by atoms with Crippen molar-refractivity contribution >= 4 is 5.91 Å². The first kappa shape index (κ1) is 43.4. The van der Waals surface area contributed by atoms with Crippen molar-refractivity contribution in [2.75, 3.05) is 13.2 Å². The number of aliphatic hydroxyl groups is 5. The molecule has 47 heavy (non-hydrogen) atoms. The van der Waals surface area contributed by atoms with E-state index in [1.807, 2.05) is 13.0 Å². The molecular formula is C38H69NO8. The fourth-order valence-electron chi connectivity index (χ4n) is 5.57. The largest absolute Gasteiger partial charge is 0.394 e. The number of unbranched alkanes of at least 4 members (excludes halogenated alkanes) is 15. The first-order valence-electron chi connectivity index (χ1n) is 18.7. The summed E-state index contributed by atoms with van der Waals surface area (Å²) >= 11 is 0. The number of carbonyl (C=O) groups is 1. The molecule has 9 heteroatoms. The predicted molar refractivity (Wildman–Crippen MR) is 189 cm³/mol. The molecule has 0 aliphatic carbocycles. The van der Waals surface area contributed by atoms with E-state index in [9.17, 15) is 30.3 Å². The van der Waals surface area contributed by atoms with Crippen LogP contribution in [0.3, 0.4) is 0 Å². The molecule has 0 radical (unpaired) electrons. The molecule has 1 rings (SSSR count). The number of hydrogen-bond donors (Lipinski definition) is 6. The number of allylic oxidation sites excluding steroid dienone is 5. The van der Waals surface area contributed by atoms with Gasteiger partial charge in [0, 0.05) is 6.42 Å². The van der Waals surface area contributed by atoms with E-state index in [-0.39, 0.29) is 12.5 Å². The van der Waals surface area contributed by atoms with Gasteiger partial charge in [-0.25, -0.2) is 0 Å². The summed E-state index contributed by atoms with van der Waals surface area (Å²) in [5.74, 6) is -0.229. The Kier molecular flexibility index (Phi) is 27.1. The molecule has 1 amide bonds. The molecule has 0 bridgehead atoms. The van der Waals surface area contributed by atoms with Gasteiger partial charge in [-0.1, -0.05) is 127 Å². The van der Waals surface area contributed by atoms with Crippen molar-refractivity contribution in [3.63, 3.8) is 0 Å². The molecule has 1 aliphatic rings. The van der Waals surface area contributed by atoms with Gasteiger partial charge in [0.15, 0.2) is 6.29 Å². The lowest BCUT2D eigenvalue weighted by Crippen LogP contribution is -2.60. The van der Waals surface area contributed by atoms with E-state index >= 15 is 0 Å². The molecule has 1 heterocycles. The zero-order valence-electron chi connectivity index (χ0n) is 29.5. The van der Waals surface area contributed by atoms with E-state index in [1.165, 1.54) is 83.5 Å². The van der Waals surface area contributed by atoms with Crippen LogP contribution < -0.4 is 5.32 Å². The van der Waals surface area contributed by atoms with Crippen LogP contribution in [-0.4, -0.2) is 87.5 Å². The third kappa shape index (κ3) is 21.2. The van der Waals surface area contributed by atoms with Gasteiger partial charge in [0.2, 0.25) is 5.91 Å². The van der Waals surface area contributed by atoms with E-state index in [1.54, 1.807) is 6.08 Å². The molecule has 0 aromatic carbocycles. The zero-order chi connectivity index (χ0) is 34.5. The van der Waals surface area contributed by atoms with Gasteiger partial charge in [-0.15, -0.1) is 0 Å². The second kappa shape index (κ2) is 29.3. The Bertz CT molecular complexity index is 833. The fraction of sp³-hybridized carbons (Fsp3) is 0.816. The molecule has 1 fully saturated rings. The Hall–Kier alpha value is -1.59. The van der Waals surface area contributed by atoms with E-state index in [2.05, 4.69) is 36.5 Å². The molecule has 0 aromatic heterocycles. The van der Waals surface area contributed by atoms with Gasteiger partial charge in [0.1, 0.15) is 24.4 Å². The van der Waals surface area contributed by atoms with Crippen LogP contribution in [0.25, 0.3) is 0 Å². The quantitative estimate of drug-likeness (QED) is 0.0411. The Labute approximate surface area is 285 Å². The average molecular weight is 668 g/mol. The van der Waals surface area contributed by atoms with Crippen LogP contribution in [0, 0.1) is 0 Å². The van der Waals surface area contributed by atoms with Crippen LogP contribution in [0.1, 0.15) is 142 Å². The van der Waals surface area contributed by atoms with Crippen molar-refractivity contribution in [2.45, 2.75) is 185 Å². The summed E-state index contributed by atoms with van der Waals surface area (Å²) in [5.41, 5.74) is 0. The number of carbonyl (C=O) groups excluding carboxylic acids is 1. The maximum atomic E-state index is 12.4. The number of ether oxygens (including phenoxy) is 2. The molecule has 0 saturated carbocycles. The highest BCUT2D eigenvalue weighted by Gasteiger charge is 2.44. The summed E-state index contributed by atoms with van der Waals surface area (Å²) in [4.78, 5) is 12.4. The van der Waals surface area contributed by atoms with Gasteiger partial charge in [0.05, 0.1) is 25.4 Å². The standard InChI is InChI=1S/C38H69NO8/c1-3-5-7-8-9-10-11-12-13-14-15-16-17-18-19-20-21-22-23-24-25-26-27-32(41)31(39-34(42)28-6-4-2)30-46-38-37(45)36(44)35(43)33(29-40)47-38/h18-19,22-23,26-27,31-33,35-38,40-41,43-45H,3-17,20-21,24-25,28-30H2,1-2H3,(H,39,42)/b19-18+,23-22+,27-26+. The summed E-state index contributed by atoms with van der Waals surface area (Å²) in [5, 5.41) is 53.2. The van der Waals surface area contributed by atoms with Crippen molar-refractivity contribution < 1.29 is 39.8 Å². The Morgan fingerprint density at radius 2 is 1.21 bits per heavy atom. The highest BCUT2D eigenvalue weighted by molar-refractivity contribution is 5.76. The maximum Gasteiger partial charge on any atom is 0.220 e. The Morgan fingerprint density at radius 1 is 0.702 bits per heavy atom. The van der Waals surface area contributed by atoms with Gasteiger partial charge in [-0.3, -0.25) is 4.79 Å². The summed E-state index contributed by atoms with van der Waals surface area (Å²) in [7, 11) is 0. The first-order chi connectivity index (χ1) is 22.8. The third-order valence-electron chi connectivity index (χ3n) is 8.70. The number of rotatable bonds is 29. The van der Waals surface area contributed by atoms with E-state index in [0.717, 1.165) is 32.1 Å². The topological polar surface area (TPSA) is 149 Å². The zero-order valence-corrected chi connectivity index (χ0v) is 29.5. The predicted octanol–water partition coefficient (Wildman–Crippen LogP) is 6.16. The summed E-state index contributed by atoms with van der Waals surface area (Å²) in [6.45, 7) is 3.47. The molecule has 274 valence electrons. The second-order valence-electron chi connectivity index (χ2n) is 13.0. The smallest absolute Gasteiger partial charge is 0.220 e. The van der Waals surface area contributed by atoms with E-state index in [0.29, 0.717) is 12.8 Å². The van der Waals surface area contributed by atoms with Gasteiger partial charge < -0.3 is 40.3 Å². The molecule has 9 nitrogen and oxygen atoms in total. The number of aliphatic hydroxyl groups excluding tert-OH is 5. The van der Waals surface area contributed by atoms with Crippen molar-refractivity contribution in [3.05, 3.63) is 36.5 Å². The lowest BCUT2D eigenvalue weighted by molar-refractivity contribution is -0.302. The van der Waals surface area contributed by atoms with Crippen molar-refractivity contribution in [3.8, 4) is 0 Å². The number of hydrogen-bond acceptors (Lipinski definition) is 8. The van der Waals surface area contributed by atoms with Gasteiger partial charge in [-0.2, -0.15) is 0 Å². The van der Waals surface area contributed by atoms with Crippen LogP contribution in [0.2, 0.25) is 0 Å². The minimum atomic E-state index is -1.57. The lowest BCUT2D eigenvalue weighted by Gasteiger charge is -2.40. The monoisotopic (exact) mass is 668 g/mol. The Balaban J connectivity index is 2.26. The average Bonchev–Trinajstić information content (AvgIpc) is 3.07. The molecule has 7 unspecified atom stereocenters. The van der Waals surface area contributed by atoms with Crippen LogP contribution in [-0.2, 0) is 14.3 Å². The molecule has 0 spiro atoms. The Morgan fingerprint density at radius 3 is 1.77 bits per heavy atom. The van der Waals surface area contributed by atoms with Crippen LogP contribution >= 0.6 is 0 Å². The first-order valence-corrected chi connectivity index (χ1v) is 18.7. The van der Waals surface area contributed by atoms with Crippen LogP contribution in [0.15, 0.2) is 36.5 Å². The van der Waals surface area contributed by atoms with Gasteiger partial charge >= 0.3 is 0 Å². The highest BCUT2D eigenvalue weighted by Crippen LogP contribution is 2.22. The summed E-state index contributed by atoms with van der Waals surface area (Å²) < 4.78 is 11.0. The molecular weight excluding hydrogens is 598 g/mol. The normalized spacial score (nSPS) is 23.3. The van der Waals surface area contributed by atoms with E-state index < -0.39 is 49.5 Å². The van der Waals surface area contributed by atoms with Crippen molar-refractivity contribution in [1.82, 2.24) is 5.32 Å². The van der Waals surface area contributed by atoms with Crippen molar-refractivity contribution in [1.29, 1.82) is 0 Å². The second-order valence-corrected chi connectivity index (χ2v) is 13.0. The van der Waals surface area contributed by atoms with Crippen molar-refractivity contribution in [2.24, 2.45) is 0 Å². The molecule has 1 aliphatic heterocycles. The molecule has 7 atom stereocenters. The number of nitrogens with one attached hydrogen (secondary N) is 1. The maximum absolute atomic E-state index is 12.4. The third-order valence-corrected chi connectivity index (χ3v) is 8.70. The van der Waals surface area contributed by atoms with Crippen LogP contribution in [0.5, 0.6) is 0 Å². The minimum Gasteiger partial charge on any atom is -0.394 e.